The first kappa shape index (κ1) is 9.58. The van der Waals surface area contributed by atoms with Gasteiger partial charge in [0.2, 0.25) is 0 Å². The third-order valence-electron chi connectivity index (χ3n) is 2.06. The molecule has 1 aromatic heterocycles. The van der Waals surface area contributed by atoms with Gasteiger partial charge in [-0.25, -0.2) is 0 Å². The van der Waals surface area contributed by atoms with Crippen LogP contribution in [0.3, 0.4) is 0 Å². The molecule has 15 heavy (non-hydrogen) atoms. The highest BCUT2D eigenvalue weighted by molar-refractivity contribution is 5.33. The van der Waals surface area contributed by atoms with Crippen LogP contribution in [0, 0.1) is 0 Å². The number of hydrogen-bond donors (Lipinski definition) is 1. The molecule has 2 rings (SSSR count). The minimum Gasteiger partial charge on any atom is -0.496 e. The van der Waals surface area contributed by atoms with E-state index in [9.17, 15) is 0 Å². The van der Waals surface area contributed by atoms with Crippen molar-refractivity contribution in [2.75, 3.05) is 7.11 Å². The fourth-order valence-corrected chi connectivity index (χ4v) is 1.30. The van der Waals surface area contributed by atoms with Gasteiger partial charge in [0.05, 0.1) is 19.5 Å². The molecule has 0 spiro atoms. The second-order valence-electron chi connectivity index (χ2n) is 3.03. The molecular formula is C11H12N2O2. The summed E-state index contributed by atoms with van der Waals surface area (Å²) < 4.78 is 10.7. The van der Waals surface area contributed by atoms with E-state index in [4.69, 9.17) is 9.47 Å². The van der Waals surface area contributed by atoms with E-state index >= 15 is 0 Å². The predicted octanol–water partition coefficient (Wildman–Crippen LogP) is 2.00. The summed E-state index contributed by atoms with van der Waals surface area (Å²) in [4.78, 5) is 0. The van der Waals surface area contributed by atoms with Gasteiger partial charge in [0.1, 0.15) is 12.4 Å². The van der Waals surface area contributed by atoms with Crippen molar-refractivity contribution in [2.24, 2.45) is 0 Å². The summed E-state index contributed by atoms with van der Waals surface area (Å²) in [7, 11) is 1.65. The van der Waals surface area contributed by atoms with E-state index in [2.05, 4.69) is 10.2 Å². The number of ether oxygens (including phenoxy) is 2. The van der Waals surface area contributed by atoms with Crippen LogP contribution in [0.1, 0.15) is 5.56 Å². The summed E-state index contributed by atoms with van der Waals surface area (Å²) in [6.07, 6.45) is 3.34. The summed E-state index contributed by atoms with van der Waals surface area (Å²) in [6, 6.07) is 7.77. The van der Waals surface area contributed by atoms with Crippen LogP contribution in [0.4, 0.5) is 0 Å². The van der Waals surface area contributed by atoms with E-state index in [0.717, 1.165) is 17.1 Å². The molecule has 0 saturated carbocycles. The number of benzene rings is 1. The van der Waals surface area contributed by atoms with Crippen LogP contribution in [0.5, 0.6) is 11.5 Å². The number of H-pyrrole nitrogens is 1. The molecule has 0 fully saturated rings. The number of aromatic nitrogens is 2. The quantitative estimate of drug-likeness (QED) is 0.828. The van der Waals surface area contributed by atoms with Crippen molar-refractivity contribution in [1.82, 2.24) is 10.2 Å². The maximum absolute atomic E-state index is 5.50. The van der Waals surface area contributed by atoms with E-state index in [0.29, 0.717) is 6.61 Å². The molecule has 0 radical (unpaired) electrons. The van der Waals surface area contributed by atoms with Crippen LogP contribution >= 0.6 is 0 Å². The van der Waals surface area contributed by atoms with Crippen molar-refractivity contribution in [2.45, 2.75) is 6.61 Å². The Hall–Kier alpha value is -1.97. The number of nitrogens with zero attached hydrogens (tertiary/aromatic N) is 1. The Labute approximate surface area is 87.8 Å². The third kappa shape index (κ3) is 2.28. The number of nitrogens with one attached hydrogen (secondary N) is 1. The minimum atomic E-state index is 0.476. The first-order chi connectivity index (χ1) is 7.40. The smallest absolute Gasteiger partial charge is 0.157 e. The van der Waals surface area contributed by atoms with Gasteiger partial charge in [-0.3, -0.25) is 5.10 Å². The van der Waals surface area contributed by atoms with Gasteiger partial charge in [-0.15, -0.1) is 0 Å². The highest BCUT2D eigenvalue weighted by atomic mass is 16.5. The molecule has 1 aromatic carbocycles. The lowest BCUT2D eigenvalue weighted by Gasteiger charge is -2.08. The topological polar surface area (TPSA) is 47.1 Å². The number of hydrogen-bond acceptors (Lipinski definition) is 3. The third-order valence-corrected chi connectivity index (χ3v) is 2.06. The molecule has 0 bridgehead atoms. The van der Waals surface area contributed by atoms with Crippen LogP contribution in [0.25, 0.3) is 0 Å². The molecule has 2 aromatic rings. The van der Waals surface area contributed by atoms with Gasteiger partial charge in [-0.2, -0.15) is 5.10 Å². The monoisotopic (exact) mass is 204 g/mol. The van der Waals surface area contributed by atoms with Gasteiger partial charge in [0.15, 0.2) is 5.75 Å². The maximum atomic E-state index is 5.50. The van der Waals surface area contributed by atoms with Gasteiger partial charge < -0.3 is 9.47 Å². The highest BCUT2D eigenvalue weighted by Gasteiger charge is 2.02. The molecule has 0 amide bonds. The Morgan fingerprint density at radius 1 is 1.33 bits per heavy atom. The summed E-state index contributed by atoms with van der Waals surface area (Å²) in [5.41, 5.74) is 1.02. The summed E-state index contributed by atoms with van der Waals surface area (Å²) >= 11 is 0. The Kier molecular flexibility index (Phi) is 2.88. The molecule has 0 unspecified atom stereocenters. The van der Waals surface area contributed by atoms with Crippen LogP contribution < -0.4 is 9.47 Å². The Bertz CT molecular complexity index is 412. The fourth-order valence-electron chi connectivity index (χ4n) is 1.30. The molecule has 0 aliphatic heterocycles. The van der Waals surface area contributed by atoms with E-state index in [-0.39, 0.29) is 0 Å². The number of methoxy groups -OCH3 is 1. The van der Waals surface area contributed by atoms with Gasteiger partial charge in [0, 0.05) is 5.56 Å². The lowest BCUT2D eigenvalue weighted by molar-refractivity contribution is 0.297. The van der Waals surface area contributed by atoms with E-state index in [1.165, 1.54) is 0 Å². The maximum Gasteiger partial charge on any atom is 0.157 e. The Balaban J connectivity index is 2.04. The summed E-state index contributed by atoms with van der Waals surface area (Å²) in [5.74, 6) is 1.56. The number of aromatic amines is 1. The standard InChI is InChI=1S/C11H12N2O2/c1-14-11-5-3-2-4-9(11)8-15-10-6-12-13-7-10/h2-7H,8H2,1H3,(H,12,13). The number of para-hydroxylation sites is 1. The molecule has 0 aliphatic carbocycles. The zero-order chi connectivity index (χ0) is 10.5. The first-order valence-electron chi connectivity index (χ1n) is 4.63. The van der Waals surface area contributed by atoms with Crippen molar-refractivity contribution >= 4 is 0 Å². The second-order valence-corrected chi connectivity index (χ2v) is 3.03. The van der Waals surface area contributed by atoms with Gasteiger partial charge in [-0.1, -0.05) is 18.2 Å². The summed E-state index contributed by atoms with van der Waals surface area (Å²) in [6.45, 7) is 0.476. The SMILES string of the molecule is COc1ccccc1COc1cn[nH]c1. The second kappa shape index (κ2) is 4.50. The lowest BCUT2D eigenvalue weighted by Crippen LogP contribution is -1.97. The molecule has 0 aliphatic rings. The van der Waals surface area contributed by atoms with Crippen molar-refractivity contribution < 1.29 is 9.47 Å². The molecule has 78 valence electrons. The van der Waals surface area contributed by atoms with E-state index in [1.807, 2.05) is 24.3 Å². The molecule has 4 heteroatoms. The average Bonchev–Trinajstić information content (AvgIpc) is 2.79. The Morgan fingerprint density at radius 2 is 2.20 bits per heavy atom. The highest BCUT2D eigenvalue weighted by Crippen LogP contribution is 2.19. The van der Waals surface area contributed by atoms with E-state index < -0.39 is 0 Å². The largest absolute Gasteiger partial charge is 0.496 e. The van der Waals surface area contributed by atoms with E-state index in [1.54, 1.807) is 19.5 Å². The van der Waals surface area contributed by atoms with Crippen molar-refractivity contribution in [3.8, 4) is 11.5 Å². The first-order valence-corrected chi connectivity index (χ1v) is 4.63. The van der Waals surface area contributed by atoms with Crippen molar-refractivity contribution in [3.63, 3.8) is 0 Å². The molecule has 4 nitrogen and oxygen atoms in total. The summed E-state index contributed by atoms with van der Waals surface area (Å²) in [5, 5.41) is 6.48. The van der Waals surface area contributed by atoms with Crippen LogP contribution in [-0.4, -0.2) is 17.3 Å². The van der Waals surface area contributed by atoms with Gasteiger partial charge >= 0.3 is 0 Å². The molecule has 1 N–H and O–H groups in total. The lowest BCUT2D eigenvalue weighted by atomic mass is 10.2. The van der Waals surface area contributed by atoms with Crippen molar-refractivity contribution in [3.05, 3.63) is 42.2 Å². The average molecular weight is 204 g/mol. The van der Waals surface area contributed by atoms with Crippen LogP contribution in [-0.2, 0) is 6.61 Å². The minimum absolute atomic E-state index is 0.476. The molecule has 0 atom stereocenters. The zero-order valence-corrected chi connectivity index (χ0v) is 8.43. The molecular weight excluding hydrogens is 192 g/mol. The van der Waals surface area contributed by atoms with Gasteiger partial charge in [-0.05, 0) is 6.07 Å². The molecule has 1 heterocycles. The van der Waals surface area contributed by atoms with Crippen LogP contribution in [0.2, 0.25) is 0 Å². The number of rotatable bonds is 4. The van der Waals surface area contributed by atoms with Crippen LogP contribution in [0.15, 0.2) is 36.7 Å². The fraction of sp³-hybridized carbons (Fsp3) is 0.182. The van der Waals surface area contributed by atoms with Gasteiger partial charge in [0.25, 0.3) is 0 Å². The predicted molar refractivity (Wildman–Crippen MR) is 55.9 cm³/mol. The normalized spacial score (nSPS) is 9.93. The zero-order valence-electron chi connectivity index (χ0n) is 8.43. The molecule has 0 saturated heterocycles. The van der Waals surface area contributed by atoms with Crippen molar-refractivity contribution in [1.29, 1.82) is 0 Å². The Morgan fingerprint density at radius 3 is 2.93 bits per heavy atom.